The van der Waals surface area contributed by atoms with Crippen LogP contribution < -0.4 is 10.1 Å². The maximum absolute atomic E-state index is 5.40. The second-order valence-electron chi connectivity index (χ2n) is 4.56. The zero-order chi connectivity index (χ0) is 12.5. The van der Waals surface area contributed by atoms with Crippen LogP contribution in [0.5, 0.6) is 5.75 Å². The highest BCUT2D eigenvalue weighted by Crippen LogP contribution is 2.37. The van der Waals surface area contributed by atoms with E-state index in [1.54, 1.807) is 13.3 Å². The number of aromatic nitrogens is 2. The summed E-state index contributed by atoms with van der Waals surface area (Å²) >= 11 is 0. The van der Waals surface area contributed by atoms with Gasteiger partial charge in [0.2, 0.25) is 0 Å². The van der Waals surface area contributed by atoms with Crippen molar-refractivity contribution >= 4 is 5.69 Å². The standard InChI is InChI=1S/C14H17N3O/c1-17-14(12(18-2)9-16-17)11-7-3-5-10-6-4-8-15-13(10)11/h3,5,7,9,15H,4,6,8H2,1-2H3. The molecule has 0 fully saturated rings. The van der Waals surface area contributed by atoms with Crippen LogP contribution in [0.4, 0.5) is 5.69 Å². The number of benzene rings is 1. The molecule has 1 aromatic carbocycles. The predicted octanol–water partition coefficient (Wildman–Crippen LogP) is 2.45. The van der Waals surface area contributed by atoms with Gasteiger partial charge in [-0.25, -0.2) is 0 Å². The summed E-state index contributed by atoms with van der Waals surface area (Å²) in [6.07, 6.45) is 4.09. The highest BCUT2D eigenvalue weighted by molar-refractivity contribution is 5.82. The first kappa shape index (κ1) is 11.1. The first-order valence-electron chi connectivity index (χ1n) is 6.23. The lowest BCUT2D eigenvalue weighted by Crippen LogP contribution is -2.13. The van der Waals surface area contributed by atoms with Gasteiger partial charge in [-0.15, -0.1) is 0 Å². The SMILES string of the molecule is COc1cnn(C)c1-c1cccc2c1NCCC2. The smallest absolute Gasteiger partial charge is 0.164 e. The van der Waals surface area contributed by atoms with Gasteiger partial charge in [0.25, 0.3) is 0 Å². The molecule has 0 aliphatic carbocycles. The molecule has 18 heavy (non-hydrogen) atoms. The Morgan fingerprint density at radius 3 is 3.11 bits per heavy atom. The highest BCUT2D eigenvalue weighted by atomic mass is 16.5. The van der Waals surface area contributed by atoms with Crippen LogP contribution >= 0.6 is 0 Å². The third-order valence-electron chi connectivity index (χ3n) is 3.46. The molecular formula is C14H17N3O. The maximum atomic E-state index is 5.40. The van der Waals surface area contributed by atoms with Crippen molar-refractivity contribution in [3.05, 3.63) is 30.0 Å². The van der Waals surface area contributed by atoms with Crippen molar-refractivity contribution < 1.29 is 4.74 Å². The molecule has 4 nitrogen and oxygen atoms in total. The Hall–Kier alpha value is -1.97. The van der Waals surface area contributed by atoms with Gasteiger partial charge in [-0.3, -0.25) is 4.68 Å². The molecule has 0 bridgehead atoms. The van der Waals surface area contributed by atoms with Gasteiger partial charge in [-0.1, -0.05) is 18.2 Å². The number of ether oxygens (including phenoxy) is 1. The highest BCUT2D eigenvalue weighted by Gasteiger charge is 2.19. The first-order chi connectivity index (χ1) is 8.81. The largest absolute Gasteiger partial charge is 0.493 e. The fraction of sp³-hybridized carbons (Fsp3) is 0.357. The van der Waals surface area contributed by atoms with E-state index in [4.69, 9.17) is 4.74 Å². The number of nitrogens with zero attached hydrogens (tertiary/aromatic N) is 2. The molecule has 1 aromatic heterocycles. The Morgan fingerprint density at radius 1 is 1.39 bits per heavy atom. The van der Waals surface area contributed by atoms with Gasteiger partial charge in [0.05, 0.1) is 13.3 Å². The quantitative estimate of drug-likeness (QED) is 0.880. The zero-order valence-electron chi connectivity index (χ0n) is 10.7. The first-order valence-corrected chi connectivity index (χ1v) is 6.23. The van der Waals surface area contributed by atoms with Gasteiger partial charge in [-0.2, -0.15) is 5.10 Å². The Labute approximate surface area is 107 Å². The van der Waals surface area contributed by atoms with Crippen LogP contribution in [0, 0.1) is 0 Å². The van der Waals surface area contributed by atoms with Crippen molar-refractivity contribution in [2.45, 2.75) is 12.8 Å². The second-order valence-corrected chi connectivity index (χ2v) is 4.56. The lowest BCUT2D eigenvalue weighted by molar-refractivity contribution is 0.416. The summed E-state index contributed by atoms with van der Waals surface area (Å²) in [6, 6.07) is 6.41. The predicted molar refractivity (Wildman–Crippen MR) is 72.0 cm³/mol. The Morgan fingerprint density at radius 2 is 2.28 bits per heavy atom. The summed E-state index contributed by atoms with van der Waals surface area (Å²) in [4.78, 5) is 0. The minimum absolute atomic E-state index is 0.818. The minimum atomic E-state index is 0.818. The molecule has 0 spiro atoms. The summed E-state index contributed by atoms with van der Waals surface area (Å²) in [5.74, 6) is 0.818. The molecular weight excluding hydrogens is 226 g/mol. The number of fused-ring (bicyclic) bond motifs is 1. The van der Waals surface area contributed by atoms with Gasteiger partial charge in [0.1, 0.15) is 5.69 Å². The third-order valence-corrected chi connectivity index (χ3v) is 3.46. The van der Waals surface area contributed by atoms with Gasteiger partial charge in [-0.05, 0) is 18.4 Å². The molecule has 0 saturated carbocycles. The molecule has 0 unspecified atom stereocenters. The monoisotopic (exact) mass is 243 g/mol. The van der Waals surface area contributed by atoms with Crippen LogP contribution in [0.15, 0.2) is 24.4 Å². The Kier molecular flexibility index (Phi) is 2.70. The lowest BCUT2D eigenvalue weighted by atomic mass is 9.97. The van der Waals surface area contributed by atoms with Crippen molar-refractivity contribution in [2.24, 2.45) is 7.05 Å². The average molecular weight is 243 g/mol. The zero-order valence-corrected chi connectivity index (χ0v) is 10.7. The molecule has 2 aromatic rings. The van der Waals surface area contributed by atoms with E-state index in [0.29, 0.717) is 0 Å². The molecule has 0 amide bonds. The molecule has 1 aliphatic heterocycles. The fourth-order valence-electron chi connectivity index (χ4n) is 2.58. The van der Waals surface area contributed by atoms with Crippen LogP contribution in [-0.4, -0.2) is 23.4 Å². The average Bonchev–Trinajstić information content (AvgIpc) is 2.79. The number of para-hydroxylation sites is 1. The number of anilines is 1. The van der Waals surface area contributed by atoms with Crippen LogP contribution in [0.2, 0.25) is 0 Å². The molecule has 0 radical (unpaired) electrons. The molecule has 0 saturated heterocycles. The van der Waals surface area contributed by atoms with Crippen LogP contribution in [0.25, 0.3) is 11.3 Å². The van der Waals surface area contributed by atoms with Gasteiger partial charge in [0, 0.05) is 24.8 Å². The van der Waals surface area contributed by atoms with E-state index in [-0.39, 0.29) is 0 Å². The molecule has 3 rings (SSSR count). The van der Waals surface area contributed by atoms with Crippen molar-refractivity contribution in [2.75, 3.05) is 19.0 Å². The summed E-state index contributed by atoms with van der Waals surface area (Å²) in [5, 5.41) is 7.78. The minimum Gasteiger partial charge on any atom is -0.493 e. The summed E-state index contributed by atoms with van der Waals surface area (Å²) in [7, 11) is 3.63. The number of aryl methyl sites for hydroxylation is 2. The number of hydrogen-bond acceptors (Lipinski definition) is 3. The summed E-state index contributed by atoms with van der Waals surface area (Å²) < 4.78 is 7.27. The topological polar surface area (TPSA) is 39.1 Å². The van der Waals surface area contributed by atoms with Crippen molar-refractivity contribution in [3.63, 3.8) is 0 Å². The van der Waals surface area contributed by atoms with Gasteiger partial charge < -0.3 is 10.1 Å². The summed E-state index contributed by atoms with van der Waals surface area (Å²) in [5.41, 5.74) is 4.81. The fourth-order valence-corrected chi connectivity index (χ4v) is 2.58. The third kappa shape index (κ3) is 1.65. The number of methoxy groups -OCH3 is 1. The van der Waals surface area contributed by atoms with Gasteiger partial charge in [0.15, 0.2) is 5.75 Å². The van der Waals surface area contributed by atoms with E-state index in [9.17, 15) is 0 Å². The van der Waals surface area contributed by atoms with Crippen molar-refractivity contribution in [3.8, 4) is 17.0 Å². The van der Waals surface area contributed by atoms with Crippen molar-refractivity contribution in [1.29, 1.82) is 0 Å². The lowest BCUT2D eigenvalue weighted by Gasteiger charge is -2.21. The Bertz CT molecular complexity index is 574. The van der Waals surface area contributed by atoms with Crippen LogP contribution in [-0.2, 0) is 13.5 Å². The van der Waals surface area contributed by atoms with E-state index in [2.05, 4.69) is 28.6 Å². The molecule has 0 atom stereocenters. The van der Waals surface area contributed by atoms with Crippen LogP contribution in [0.3, 0.4) is 0 Å². The number of hydrogen-bond donors (Lipinski definition) is 1. The van der Waals surface area contributed by atoms with Gasteiger partial charge >= 0.3 is 0 Å². The van der Waals surface area contributed by atoms with E-state index >= 15 is 0 Å². The molecule has 2 heterocycles. The van der Waals surface area contributed by atoms with E-state index in [0.717, 1.165) is 24.4 Å². The van der Waals surface area contributed by atoms with E-state index in [1.165, 1.54) is 23.2 Å². The number of nitrogens with one attached hydrogen (secondary N) is 1. The molecule has 94 valence electrons. The normalized spacial score (nSPS) is 13.9. The molecule has 1 N–H and O–H groups in total. The number of rotatable bonds is 2. The Balaban J connectivity index is 2.19. The second kappa shape index (κ2) is 4.37. The van der Waals surface area contributed by atoms with Crippen LogP contribution in [0.1, 0.15) is 12.0 Å². The van der Waals surface area contributed by atoms with E-state index < -0.39 is 0 Å². The maximum Gasteiger partial charge on any atom is 0.164 e. The van der Waals surface area contributed by atoms with E-state index in [1.807, 2.05) is 11.7 Å². The van der Waals surface area contributed by atoms with Crippen molar-refractivity contribution in [1.82, 2.24) is 9.78 Å². The molecule has 1 aliphatic rings. The molecule has 4 heteroatoms. The summed E-state index contributed by atoms with van der Waals surface area (Å²) in [6.45, 7) is 1.03.